The topological polar surface area (TPSA) is 32.8 Å². The number of aryl methyl sites for hydroxylation is 1. The van der Waals surface area contributed by atoms with Gasteiger partial charge in [-0.3, -0.25) is 9.69 Å². The van der Waals surface area contributed by atoms with Gasteiger partial charge in [-0.05, 0) is 62.1 Å². The molecule has 4 nitrogen and oxygen atoms in total. The Balaban J connectivity index is 1.71. The Morgan fingerprint density at radius 3 is 2.60 bits per heavy atom. The second-order valence-electron chi connectivity index (χ2n) is 9.77. The fourth-order valence-corrected chi connectivity index (χ4v) is 5.13. The lowest BCUT2D eigenvalue weighted by Gasteiger charge is -2.45. The van der Waals surface area contributed by atoms with E-state index in [2.05, 4.69) is 41.0 Å². The van der Waals surface area contributed by atoms with Gasteiger partial charge in [0.25, 0.3) is 0 Å². The predicted octanol–water partition coefficient (Wildman–Crippen LogP) is 5.16. The molecule has 0 aliphatic carbocycles. The van der Waals surface area contributed by atoms with Crippen LogP contribution in [0.2, 0.25) is 0 Å². The van der Waals surface area contributed by atoms with Crippen LogP contribution >= 0.6 is 0 Å². The molecule has 2 heterocycles. The van der Waals surface area contributed by atoms with E-state index in [1.165, 1.54) is 37.7 Å². The van der Waals surface area contributed by atoms with Gasteiger partial charge in [-0.25, -0.2) is 0 Å². The zero-order valence-electron chi connectivity index (χ0n) is 19.5. The van der Waals surface area contributed by atoms with Gasteiger partial charge in [-0.15, -0.1) is 0 Å². The van der Waals surface area contributed by atoms with Crippen LogP contribution in [0.5, 0.6) is 5.75 Å². The molecule has 0 atom stereocenters. The third-order valence-electron chi connectivity index (χ3n) is 7.06. The maximum Gasteiger partial charge on any atom is 0.225 e. The summed E-state index contributed by atoms with van der Waals surface area (Å²) >= 11 is 0. The summed E-state index contributed by atoms with van der Waals surface area (Å²) in [5.41, 5.74) is 1.70. The molecule has 2 aliphatic heterocycles. The van der Waals surface area contributed by atoms with Crippen LogP contribution in [-0.2, 0) is 11.2 Å². The minimum Gasteiger partial charge on any atom is -0.492 e. The van der Waals surface area contributed by atoms with Gasteiger partial charge < -0.3 is 9.64 Å². The zero-order chi connectivity index (χ0) is 21.4. The highest BCUT2D eigenvalue weighted by atomic mass is 16.5. The quantitative estimate of drug-likeness (QED) is 0.682. The molecule has 1 saturated heterocycles. The largest absolute Gasteiger partial charge is 0.492 e. The number of carbonyl (C=O) groups is 1. The molecular formula is C26H42N2O2. The number of rotatable bonds is 4. The number of hydrogen-bond acceptors (Lipinski definition) is 3. The molecule has 1 aromatic carbocycles. The Morgan fingerprint density at radius 1 is 1.10 bits per heavy atom. The van der Waals surface area contributed by atoms with Gasteiger partial charge in [0, 0.05) is 32.1 Å². The Kier molecular flexibility index (Phi) is 8.61. The minimum atomic E-state index is 0.105. The van der Waals surface area contributed by atoms with Gasteiger partial charge in [-0.1, -0.05) is 51.8 Å². The molecular weight excluding hydrogens is 372 g/mol. The van der Waals surface area contributed by atoms with E-state index in [1.807, 2.05) is 13.8 Å². The summed E-state index contributed by atoms with van der Waals surface area (Å²) < 4.78 is 6.23. The zero-order valence-corrected chi connectivity index (χ0v) is 19.5. The highest BCUT2D eigenvalue weighted by Crippen LogP contribution is 2.38. The fraction of sp³-hybridized carbons (Fsp3) is 0.731. The summed E-state index contributed by atoms with van der Waals surface area (Å²) in [4.78, 5) is 17.3. The highest BCUT2D eigenvalue weighted by molar-refractivity contribution is 5.78. The predicted molar refractivity (Wildman–Crippen MR) is 124 cm³/mol. The summed E-state index contributed by atoms with van der Waals surface area (Å²) in [6.07, 6.45) is 9.61. The van der Waals surface area contributed by atoms with E-state index in [0.717, 1.165) is 64.3 Å². The summed E-state index contributed by atoms with van der Waals surface area (Å²) in [6, 6.07) is 8.56. The lowest BCUT2D eigenvalue weighted by atomic mass is 9.73. The smallest absolute Gasteiger partial charge is 0.225 e. The second kappa shape index (κ2) is 11.2. The van der Waals surface area contributed by atoms with Crippen LogP contribution in [0.4, 0.5) is 0 Å². The first kappa shape index (κ1) is 23.1. The van der Waals surface area contributed by atoms with Crippen LogP contribution in [0.15, 0.2) is 24.3 Å². The molecule has 1 aromatic rings. The van der Waals surface area contributed by atoms with E-state index in [-0.39, 0.29) is 5.92 Å². The van der Waals surface area contributed by atoms with Gasteiger partial charge in [-0.2, -0.15) is 0 Å². The third-order valence-corrected chi connectivity index (χ3v) is 7.06. The van der Waals surface area contributed by atoms with Crippen molar-refractivity contribution in [3.63, 3.8) is 0 Å². The lowest BCUT2D eigenvalue weighted by Crippen LogP contribution is -2.49. The monoisotopic (exact) mass is 414 g/mol. The van der Waals surface area contributed by atoms with Crippen LogP contribution in [0, 0.1) is 11.3 Å². The number of ether oxygens (including phenoxy) is 1. The molecule has 0 saturated carbocycles. The van der Waals surface area contributed by atoms with Gasteiger partial charge in [0.2, 0.25) is 5.91 Å². The van der Waals surface area contributed by atoms with Gasteiger partial charge in [0.05, 0.1) is 0 Å². The van der Waals surface area contributed by atoms with Crippen molar-refractivity contribution in [2.24, 2.45) is 11.3 Å². The maximum atomic E-state index is 12.5. The molecule has 0 N–H and O–H groups in total. The van der Waals surface area contributed by atoms with Crippen LogP contribution in [0.25, 0.3) is 0 Å². The molecule has 3 rings (SSSR count). The van der Waals surface area contributed by atoms with Gasteiger partial charge >= 0.3 is 0 Å². The van der Waals surface area contributed by atoms with Crippen molar-refractivity contribution in [3.8, 4) is 5.75 Å². The molecule has 30 heavy (non-hydrogen) atoms. The van der Waals surface area contributed by atoms with E-state index in [1.54, 1.807) is 0 Å². The van der Waals surface area contributed by atoms with Crippen LogP contribution in [0.3, 0.4) is 0 Å². The summed E-state index contributed by atoms with van der Waals surface area (Å²) in [5.74, 6) is 1.50. The van der Waals surface area contributed by atoms with Gasteiger partial charge in [0.1, 0.15) is 12.4 Å². The van der Waals surface area contributed by atoms with Gasteiger partial charge in [0.15, 0.2) is 0 Å². The summed E-state index contributed by atoms with van der Waals surface area (Å²) in [5, 5.41) is 0. The molecule has 1 spiro atoms. The Morgan fingerprint density at radius 2 is 1.87 bits per heavy atom. The maximum absolute atomic E-state index is 12.5. The van der Waals surface area contributed by atoms with Crippen LogP contribution in [-0.4, -0.2) is 55.0 Å². The molecule has 1 amide bonds. The number of hydrogen-bond donors (Lipinski definition) is 0. The average Bonchev–Trinajstić information content (AvgIpc) is 2.75. The molecule has 168 valence electrons. The molecule has 2 aliphatic rings. The van der Waals surface area contributed by atoms with E-state index in [9.17, 15) is 4.79 Å². The number of unbranched alkanes of at least 4 members (excludes halogenated alkanes) is 1. The SMILES string of the molecule is CCCCN1CCOc2ccccc2CCCCC2(CCN(C(=O)C(C)C)CC2)C1. The van der Waals surface area contributed by atoms with E-state index < -0.39 is 0 Å². The molecule has 4 heteroatoms. The number of piperidine rings is 1. The van der Waals surface area contributed by atoms with Crippen molar-refractivity contribution in [2.45, 2.75) is 72.1 Å². The Labute approximate surface area is 184 Å². The van der Waals surface area contributed by atoms with Crippen molar-refractivity contribution in [1.82, 2.24) is 9.80 Å². The van der Waals surface area contributed by atoms with Crippen molar-refractivity contribution in [1.29, 1.82) is 0 Å². The fourth-order valence-electron chi connectivity index (χ4n) is 5.13. The first-order chi connectivity index (χ1) is 14.5. The molecule has 0 radical (unpaired) electrons. The summed E-state index contributed by atoms with van der Waals surface area (Å²) in [6.45, 7) is 12.2. The number of fused-ring (bicyclic) bond motifs is 1. The molecule has 0 bridgehead atoms. The number of para-hydroxylation sites is 1. The normalized spacial score (nSPS) is 20.9. The molecule has 0 aromatic heterocycles. The number of amides is 1. The summed E-state index contributed by atoms with van der Waals surface area (Å²) in [7, 11) is 0. The standard InChI is InChI=1S/C26H42N2O2/c1-4-5-16-27-19-20-30-24-12-7-6-10-23(24)11-8-9-13-26(21-27)14-17-28(18-15-26)25(29)22(2)3/h6-7,10,12,22H,4-5,8-9,11,13-21H2,1-3H3. The van der Waals surface area contributed by atoms with E-state index in [4.69, 9.17) is 4.74 Å². The number of nitrogens with zero attached hydrogens (tertiary/aromatic N) is 2. The van der Waals surface area contributed by atoms with Crippen molar-refractivity contribution >= 4 is 5.91 Å². The number of carbonyl (C=O) groups excluding carboxylic acids is 1. The highest BCUT2D eigenvalue weighted by Gasteiger charge is 2.37. The Hall–Kier alpha value is -1.55. The van der Waals surface area contributed by atoms with Crippen molar-refractivity contribution in [3.05, 3.63) is 29.8 Å². The van der Waals surface area contributed by atoms with Crippen molar-refractivity contribution in [2.75, 3.05) is 39.3 Å². The van der Waals surface area contributed by atoms with Crippen LogP contribution in [0.1, 0.15) is 71.3 Å². The number of benzene rings is 1. The Bertz CT molecular complexity index is 665. The van der Waals surface area contributed by atoms with E-state index in [0.29, 0.717) is 11.3 Å². The first-order valence-corrected chi connectivity index (χ1v) is 12.2. The molecule has 0 unspecified atom stereocenters. The van der Waals surface area contributed by atoms with E-state index >= 15 is 0 Å². The van der Waals surface area contributed by atoms with Crippen LogP contribution < -0.4 is 4.74 Å². The second-order valence-corrected chi connectivity index (χ2v) is 9.77. The van der Waals surface area contributed by atoms with Crippen molar-refractivity contribution < 1.29 is 9.53 Å². The first-order valence-electron chi connectivity index (χ1n) is 12.2. The lowest BCUT2D eigenvalue weighted by molar-refractivity contribution is -0.137. The molecule has 1 fully saturated rings. The minimum absolute atomic E-state index is 0.105. The third kappa shape index (κ3) is 6.23. The number of likely N-dealkylation sites (tertiary alicyclic amines) is 1. The average molecular weight is 415 g/mol.